The molecule has 146 valence electrons. The molecule has 0 unspecified atom stereocenters. The number of pyridine rings is 1. The van der Waals surface area contributed by atoms with E-state index in [9.17, 15) is 17.2 Å². The zero-order valence-corrected chi connectivity index (χ0v) is 16.1. The van der Waals surface area contributed by atoms with E-state index >= 15 is 0 Å². The summed E-state index contributed by atoms with van der Waals surface area (Å²) in [6.07, 6.45) is 1.20. The van der Waals surface area contributed by atoms with E-state index in [-0.39, 0.29) is 9.79 Å². The molecule has 4 rings (SSSR count). The van der Waals surface area contributed by atoms with E-state index in [1.54, 1.807) is 12.1 Å². The number of ether oxygens (including phenoxy) is 1. The number of hydrogen-bond acceptors (Lipinski definition) is 4. The minimum absolute atomic E-state index is 0.0310. The van der Waals surface area contributed by atoms with E-state index in [4.69, 9.17) is 4.74 Å². The van der Waals surface area contributed by atoms with Gasteiger partial charge in [0.25, 0.3) is 0 Å². The zero-order chi connectivity index (χ0) is 20.6. The predicted molar refractivity (Wildman–Crippen MR) is 106 cm³/mol. The minimum atomic E-state index is -3.99. The molecule has 0 saturated heterocycles. The van der Waals surface area contributed by atoms with Crippen LogP contribution in [0.15, 0.2) is 82.7 Å². The molecule has 3 aromatic carbocycles. The average molecular weight is 411 g/mol. The molecule has 0 N–H and O–H groups in total. The first-order chi connectivity index (χ1) is 13.9. The van der Waals surface area contributed by atoms with Crippen molar-refractivity contribution in [2.45, 2.75) is 9.79 Å². The van der Waals surface area contributed by atoms with Crippen molar-refractivity contribution < 1.29 is 21.9 Å². The van der Waals surface area contributed by atoms with Gasteiger partial charge >= 0.3 is 0 Å². The van der Waals surface area contributed by atoms with Gasteiger partial charge in [-0.3, -0.25) is 4.98 Å². The summed E-state index contributed by atoms with van der Waals surface area (Å²) in [5, 5.41) is 0.446. The van der Waals surface area contributed by atoms with E-state index in [1.165, 1.54) is 67.9 Å². The minimum Gasteiger partial charge on any atom is -0.497 e. The second kappa shape index (κ2) is 7.25. The first-order valence-electron chi connectivity index (χ1n) is 8.63. The summed E-state index contributed by atoms with van der Waals surface area (Å²) in [7, 11) is -2.55. The van der Waals surface area contributed by atoms with Crippen LogP contribution in [0, 0.1) is 11.6 Å². The molecule has 0 bridgehead atoms. The van der Waals surface area contributed by atoms with Gasteiger partial charge in [-0.25, -0.2) is 17.2 Å². The van der Waals surface area contributed by atoms with Crippen molar-refractivity contribution in [2.75, 3.05) is 7.11 Å². The van der Waals surface area contributed by atoms with Crippen LogP contribution in [0.4, 0.5) is 8.78 Å². The van der Waals surface area contributed by atoms with Crippen molar-refractivity contribution in [2.24, 2.45) is 0 Å². The summed E-state index contributed by atoms with van der Waals surface area (Å²) < 4.78 is 59.1. The smallest absolute Gasteiger partial charge is 0.208 e. The van der Waals surface area contributed by atoms with Gasteiger partial charge in [-0.1, -0.05) is 18.2 Å². The van der Waals surface area contributed by atoms with Gasteiger partial charge in [0.1, 0.15) is 17.4 Å². The van der Waals surface area contributed by atoms with Gasteiger partial charge in [0, 0.05) is 23.2 Å². The normalized spacial score (nSPS) is 11.6. The number of rotatable bonds is 4. The molecule has 4 nitrogen and oxygen atoms in total. The van der Waals surface area contributed by atoms with Gasteiger partial charge in [-0.2, -0.15) is 0 Å². The summed E-state index contributed by atoms with van der Waals surface area (Å²) in [6, 6.07) is 15.5. The lowest BCUT2D eigenvalue weighted by Gasteiger charge is -2.14. The fraction of sp³-hybridized carbons (Fsp3) is 0.0455. The molecule has 7 heteroatoms. The third-order valence-electron chi connectivity index (χ3n) is 4.57. The van der Waals surface area contributed by atoms with E-state index < -0.39 is 21.5 Å². The highest BCUT2D eigenvalue weighted by molar-refractivity contribution is 7.91. The zero-order valence-electron chi connectivity index (χ0n) is 15.3. The van der Waals surface area contributed by atoms with Gasteiger partial charge < -0.3 is 4.74 Å². The van der Waals surface area contributed by atoms with Crippen LogP contribution < -0.4 is 4.74 Å². The maximum Gasteiger partial charge on any atom is 0.208 e. The van der Waals surface area contributed by atoms with Crippen LogP contribution in [0.5, 0.6) is 5.75 Å². The van der Waals surface area contributed by atoms with Gasteiger partial charge in [0.15, 0.2) is 0 Å². The number of halogens is 2. The highest BCUT2D eigenvalue weighted by Gasteiger charge is 2.25. The summed E-state index contributed by atoms with van der Waals surface area (Å²) in [4.78, 5) is 4.13. The van der Waals surface area contributed by atoms with Crippen LogP contribution in [0.1, 0.15) is 0 Å². The molecule has 0 aliphatic carbocycles. The Morgan fingerprint density at radius 1 is 0.897 bits per heavy atom. The standard InChI is InChI=1S/C22H15F2NO3S/c1-28-17-3-2-4-18(12-17)29(26,27)21-13-25-20-11-16(24)9-10-19(20)22(21)14-5-7-15(23)8-6-14/h2-13H,1H3. The Morgan fingerprint density at radius 2 is 1.62 bits per heavy atom. The first kappa shape index (κ1) is 19.0. The molecule has 1 aromatic heterocycles. The van der Waals surface area contributed by atoms with E-state index in [1.807, 2.05) is 0 Å². The summed E-state index contributed by atoms with van der Waals surface area (Å²) in [5.41, 5.74) is 1.11. The number of benzene rings is 3. The number of hydrogen-bond donors (Lipinski definition) is 0. The van der Waals surface area contributed by atoms with Crippen molar-refractivity contribution in [3.8, 4) is 16.9 Å². The monoisotopic (exact) mass is 411 g/mol. The lowest BCUT2D eigenvalue weighted by Crippen LogP contribution is -2.06. The molecule has 29 heavy (non-hydrogen) atoms. The SMILES string of the molecule is COc1cccc(S(=O)(=O)c2cnc3cc(F)ccc3c2-c2ccc(F)cc2)c1. The van der Waals surface area contributed by atoms with Crippen molar-refractivity contribution in [3.05, 3.63) is 84.6 Å². The number of aromatic nitrogens is 1. The Bertz CT molecular complexity index is 1320. The molecule has 0 atom stereocenters. The third kappa shape index (κ3) is 3.45. The highest BCUT2D eigenvalue weighted by atomic mass is 32.2. The molecule has 0 spiro atoms. The second-order valence-corrected chi connectivity index (χ2v) is 8.27. The molecule has 0 radical (unpaired) electrons. The van der Waals surface area contributed by atoms with Crippen molar-refractivity contribution in [1.82, 2.24) is 4.98 Å². The Kier molecular flexibility index (Phi) is 4.76. The highest BCUT2D eigenvalue weighted by Crippen LogP contribution is 2.37. The van der Waals surface area contributed by atoms with E-state index in [2.05, 4.69) is 4.98 Å². The van der Waals surface area contributed by atoms with Gasteiger partial charge in [0.05, 0.1) is 22.4 Å². The maximum atomic E-state index is 13.7. The van der Waals surface area contributed by atoms with Crippen molar-refractivity contribution in [3.63, 3.8) is 0 Å². The van der Waals surface area contributed by atoms with Crippen molar-refractivity contribution in [1.29, 1.82) is 0 Å². The maximum absolute atomic E-state index is 13.7. The lowest BCUT2D eigenvalue weighted by atomic mass is 10.0. The van der Waals surface area contributed by atoms with Crippen LogP contribution >= 0.6 is 0 Å². The largest absolute Gasteiger partial charge is 0.497 e. The summed E-state index contributed by atoms with van der Waals surface area (Å²) in [6.45, 7) is 0. The molecule has 4 aromatic rings. The van der Waals surface area contributed by atoms with Crippen LogP contribution in [-0.4, -0.2) is 20.5 Å². The molecular formula is C22H15F2NO3S. The van der Waals surface area contributed by atoms with Gasteiger partial charge in [-0.15, -0.1) is 0 Å². The number of methoxy groups -OCH3 is 1. The molecular weight excluding hydrogens is 396 g/mol. The van der Waals surface area contributed by atoms with Crippen molar-refractivity contribution >= 4 is 20.7 Å². The summed E-state index contributed by atoms with van der Waals surface area (Å²) >= 11 is 0. The molecule has 0 saturated carbocycles. The summed E-state index contributed by atoms with van der Waals surface area (Å²) in [5.74, 6) is -0.543. The molecule has 1 heterocycles. The Hall–Kier alpha value is -3.32. The predicted octanol–water partition coefficient (Wildman–Crippen LogP) is 5.02. The third-order valence-corrected chi connectivity index (χ3v) is 6.33. The van der Waals surface area contributed by atoms with Gasteiger partial charge in [0.2, 0.25) is 9.84 Å². The number of sulfone groups is 1. The second-order valence-electron chi connectivity index (χ2n) is 6.35. The lowest BCUT2D eigenvalue weighted by molar-refractivity contribution is 0.413. The molecule has 0 aliphatic rings. The first-order valence-corrected chi connectivity index (χ1v) is 10.1. The molecule has 0 fully saturated rings. The van der Waals surface area contributed by atoms with E-state index in [0.717, 1.165) is 0 Å². The number of nitrogens with zero attached hydrogens (tertiary/aromatic N) is 1. The Labute approximate surface area is 166 Å². The van der Waals surface area contributed by atoms with Crippen LogP contribution in [0.2, 0.25) is 0 Å². The van der Waals surface area contributed by atoms with E-state index in [0.29, 0.717) is 27.8 Å². The fourth-order valence-electron chi connectivity index (χ4n) is 3.16. The van der Waals surface area contributed by atoms with Gasteiger partial charge in [-0.05, 0) is 48.0 Å². The van der Waals surface area contributed by atoms with Crippen LogP contribution in [-0.2, 0) is 9.84 Å². The average Bonchev–Trinajstić information content (AvgIpc) is 2.73. The van der Waals surface area contributed by atoms with Crippen LogP contribution in [0.3, 0.4) is 0 Å². The quantitative estimate of drug-likeness (QED) is 0.473. The van der Waals surface area contributed by atoms with Crippen LogP contribution in [0.25, 0.3) is 22.0 Å². The topological polar surface area (TPSA) is 56.3 Å². The fourth-order valence-corrected chi connectivity index (χ4v) is 4.63. The molecule has 0 aliphatic heterocycles. The number of fused-ring (bicyclic) bond motifs is 1. The Morgan fingerprint density at radius 3 is 2.34 bits per heavy atom. The molecule has 0 amide bonds. The Balaban J connectivity index is 2.05.